The van der Waals surface area contributed by atoms with Gasteiger partial charge in [0.2, 0.25) is 0 Å². The summed E-state index contributed by atoms with van der Waals surface area (Å²) in [6.07, 6.45) is 0. The third-order valence-corrected chi connectivity index (χ3v) is 3.47. The maximum absolute atomic E-state index is 11.9. The van der Waals surface area contributed by atoms with Crippen LogP contribution in [0.25, 0.3) is 0 Å². The van der Waals surface area contributed by atoms with E-state index in [4.69, 9.17) is 4.74 Å². The van der Waals surface area contributed by atoms with Gasteiger partial charge in [0, 0.05) is 23.5 Å². The van der Waals surface area contributed by atoms with Gasteiger partial charge in [-0.05, 0) is 19.4 Å². The summed E-state index contributed by atoms with van der Waals surface area (Å²) in [5, 5.41) is 10.8. The fourth-order valence-corrected chi connectivity index (χ4v) is 2.17. The third kappa shape index (κ3) is 4.48. The van der Waals surface area contributed by atoms with E-state index in [0.29, 0.717) is 11.3 Å². The Hall–Kier alpha value is -1.64. The third-order valence-electron chi connectivity index (χ3n) is 2.45. The van der Waals surface area contributed by atoms with Crippen molar-refractivity contribution < 1.29 is 19.0 Å². The number of carbonyl (C=O) groups is 1. The summed E-state index contributed by atoms with van der Waals surface area (Å²) >= 11 is -1.42. The molecule has 0 unspecified atom stereocenters. The Labute approximate surface area is 119 Å². The number of benzene rings is 1. The predicted molar refractivity (Wildman–Crippen MR) is 74.3 cm³/mol. The average molecular weight is 300 g/mol. The second-order valence-electron chi connectivity index (χ2n) is 3.79. The van der Waals surface area contributed by atoms with Gasteiger partial charge in [-0.3, -0.25) is 10.1 Å². The zero-order valence-electron chi connectivity index (χ0n) is 11.2. The molecule has 2 atom stereocenters. The molecule has 0 aliphatic rings. The van der Waals surface area contributed by atoms with Gasteiger partial charge in [0.1, 0.15) is 5.75 Å². The van der Waals surface area contributed by atoms with Crippen LogP contribution in [0.4, 0.5) is 5.69 Å². The van der Waals surface area contributed by atoms with Crippen molar-refractivity contribution in [2.45, 2.75) is 19.9 Å². The molecule has 0 amide bonds. The number of nitrogens with zero attached hydrogens (tertiary/aromatic N) is 1. The first kappa shape index (κ1) is 16.4. The van der Waals surface area contributed by atoms with Gasteiger partial charge >= 0.3 is 5.97 Å². The van der Waals surface area contributed by atoms with Gasteiger partial charge in [-0.15, -0.1) is 4.72 Å². The van der Waals surface area contributed by atoms with Crippen LogP contribution in [0.2, 0.25) is 0 Å². The Morgan fingerprint density at radius 2 is 2.20 bits per heavy atom. The van der Waals surface area contributed by atoms with E-state index in [0.717, 1.165) is 0 Å². The molecule has 8 heteroatoms. The Balaban J connectivity index is 3.05. The van der Waals surface area contributed by atoms with Crippen LogP contribution in [0.15, 0.2) is 24.3 Å². The molecule has 0 saturated carbocycles. The fourth-order valence-electron chi connectivity index (χ4n) is 1.51. The van der Waals surface area contributed by atoms with Crippen molar-refractivity contribution in [3.63, 3.8) is 0 Å². The molecule has 0 radical (unpaired) electrons. The lowest BCUT2D eigenvalue weighted by Crippen LogP contribution is -2.35. The largest absolute Gasteiger partial charge is 0.598 e. The van der Waals surface area contributed by atoms with E-state index in [1.165, 1.54) is 18.2 Å². The highest BCUT2D eigenvalue weighted by Gasteiger charge is 2.27. The van der Waals surface area contributed by atoms with Crippen LogP contribution in [-0.4, -0.2) is 27.8 Å². The quantitative estimate of drug-likeness (QED) is 0.354. The van der Waals surface area contributed by atoms with Gasteiger partial charge in [-0.1, -0.05) is 12.1 Å². The number of ether oxygens (including phenoxy) is 1. The van der Waals surface area contributed by atoms with E-state index >= 15 is 0 Å². The summed E-state index contributed by atoms with van der Waals surface area (Å²) in [5.74, 6) is -0.306. The van der Waals surface area contributed by atoms with Gasteiger partial charge in [0.15, 0.2) is 6.04 Å². The second kappa shape index (κ2) is 7.83. The van der Waals surface area contributed by atoms with Crippen LogP contribution < -0.4 is 4.72 Å². The molecule has 1 N–H and O–H groups in total. The van der Waals surface area contributed by atoms with Crippen molar-refractivity contribution >= 4 is 23.0 Å². The molecule has 0 aromatic heterocycles. The molecule has 0 fully saturated rings. The molecule has 1 aromatic carbocycles. The van der Waals surface area contributed by atoms with Crippen molar-refractivity contribution in [3.05, 3.63) is 39.9 Å². The Morgan fingerprint density at radius 1 is 1.50 bits per heavy atom. The molecule has 0 saturated heterocycles. The standard InChI is InChI=1S/C12H16N2O5S/c1-3-19-12(15)11(13-20(18)4-2)9-6-5-7-10(8-9)14(16)17/h5-8,11,13H,3-4H2,1-2H3/t11-,20+/m0/s1. The first-order chi connectivity index (χ1) is 9.49. The average Bonchev–Trinajstić information content (AvgIpc) is 2.44. The Bertz CT molecular complexity index is 483. The highest BCUT2D eigenvalue weighted by molar-refractivity contribution is 7.89. The van der Waals surface area contributed by atoms with Crippen LogP contribution in [-0.2, 0) is 20.9 Å². The van der Waals surface area contributed by atoms with Gasteiger partial charge in [-0.25, -0.2) is 4.79 Å². The lowest BCUT2D eigenvalue weighted by molar-refractivity contribution is -0.384. The first-order valence-electron chi connectivity index (χ1n) is 6.05. The minimum atomic E-state index is -1.42. The molecule has 20 heavy (non-hydrogen) atoms. The smallest absolute Gasteiger partial charge is 0.332 e. The van der Waals surface area contributed by atoms with Gasteiger partial charge in [0.25, 0.3) is 5.69 Å². The predicted octanol–water partition coefficient (Wildman–Crippen LogP) is 1.47. The van der Waals surface area contributed by atoms with E-state index in [1.54, 1.807) is 19.9 Å². The Kier molecular flexibility index (Phi) is 6.43. The summed E-state index contributed by atoms with van der Waals surface area (Å²) in [5.41, 5.74) is 0.209. The van der Waals surface area contributed by atoms with Crippen LogP contribution in [0.5, 0.6) is 0 Å². The number of rotatable bonds is 7. The summed E-state index contributed by atoms with van der Waals surface area (Å²) in [6.45, 7) is 3.52. The fraction of sp³-hybridized carbons (Fsp3) is 0.417. The molecule has 0 aliphatic carbocycles. The van der Waals surface area contributed by atoms with Gasteiger partial charge in [-0.2, -0.15) is 0 Å². The SMILES string of the molecule is CCOC(=O)[C@@H](N[S@+]([O-])CC)c1cccc([N+](=O)[O-])c1. The molecule has 0 spiro atoms. The maximum Gasteiger partial charge on any atom is 0.332 e. The minimum Gasteiger partial charge on any atom is -0.598 e. The molecule has 1 rings (SSSR count). The minimum absolute atomic E-state index is 0.138. The van der Waals surface area contributed by atoms with Crippen molar-refractivity contribution in [1.82, 2.24) is 4.72 Å². The van der Waals surface area contributed by atoms with E-state index < -0.39 is 28.3 Å². The first-order valence-corrected chi connectivity index (χ1v) is 7.37. The number of hydrogen-bond acceptors (Lipinski definition) is 6. The van der Waals surface area contributed by atoms with E-state index in [9.17, 15) is 19.5 Å². The van der Waals surface area contributed by atoms with E-state index in [1.807, 2.05) is 0 Å². The van der Waals surface area contributed by atoms with Crippen LogP contribution in [0, 0.1) is 10.1 Å². The molecule has 0 aliphatic heterocycles. The van der Waals surface area contributed by atoms with Crippen molar-refractivity contribution in [1.29, 1.82) is 0 Å². The molecule has 0 bridgehead atoms. The van der Waals surface area contributed by atoms with Crippen LogP contribution in [0.3, 0.4) is 0 Å². The molecular weight excluding hydrogens is 284 g/mol. The van der Waals surface area contributed by atoms with E-state index in [2.05, 4.69) is 4.72 Å². The van der Waals surface area contributed by atoms with E-state index in [-0.39, 0.29) is 12.3 Å². The molecule has 7 nitrogen and oxygen atoms in total. The number of carbonyl (C=O) groups excluding carboxylic acids is 1. The van der Waals surface area contributed by atoms with Crippen molar-refractivity contribution in [2.24, 2.45) is 0 Å². The zero-order valence-corrected chi connectivity index (χ0v) is 12.0. The number of nitrogens with one attached hydrogen (secondary N) is 1. The number of hydrogen-bond donors (Lipinski definition) is 1. The summed E-state index contributed by atoms with van der Waals surface area (Å²) < 4.78 is 19.1. The summed E-state index contributed by atoms with van der Waals surface area (Å²) in [6, 6.07) is 4.62. The summed E-state index contributed by atoms with van der Waals surface area (Å²) in [4.78, 5) is 22.1. The monoisotopic (exact) mass is 300 g/mol. The second-order valence-corrected chi connectivity index (χ2v) is 5.29. The number of nitro benzene ring substituents is 1. The van der Waals surface area contributed by atoms with Crippen LogP contribution in [0.1, 0.15) is 25.5 Å². The van der Waals surface area contributed by atoms with Gasteiger partial charge < -0.3 is 9.29 Å². The molecule has 0 heterocycles. The zero-order chi connectivity index (χ0) is 15.1. The Morgan fingerprint density at radius 3 is 2.75 bits per heavy atom. The summed E-state index contributed by atoms with van der Waals surface area (Å²) in [7, 11) is 0. The number of non-ortho nitro benzene ring substituents is 1. The number of esters is 1. The number of nitro groups is 1. The normalized spacial score (nSPS) is 13.6. The van der Waals surface area contributed by atoms with Crippen molar-refractivity contribution in [3.8, 4) is 0 Å². The maximum atomic E-state index is 11.9. The highest BCUT2D eigenvalue weighted by atomic mass is 32.2. The molecular formula is C12H16N2O5S. The lowest BCUT2D eigenvalue weighted by atomic mass is 10.1. The molecule has 110 valence electrons. The highest BCUT2D eigenvalue weighted by Crippen LogP contribution is 2.21. The van der Waals surface area contributed by atoms with Crippen LogP contribution >= 0.6 is 0 Å². The molecule has 1 aromatic rings. The van der Waals surface area contributed by atoms with Crippen molar-refractivity contribution in [2.75, 3.05) is 12.4 Å². The topological polar surface area (TPSA) is 105 Å². The van der Waals surface area contributed by atoms with Gasteiger partial charge in [0.05, 0.1) is 11.5 Å². The lowest BCUT2D eigenvalue weighted by Gasteiger charge is -2.18.